The first-order chi connectivity index (χ1) is 13.5. The number of aliphatic hydroxyl groups excluding tert-OH is 1. The van der Waals surface area contributed by atoms with Crippen molar-refractivity contribution >= 4 is 17.0 Å². The van der Waals surface area contributed by atoms with Crippen molar-refractivity contribution in [3.63, 3.8) is 0 Å². The summed E-state index contributed by atoms with van der Waals surface area (Å²) in [5, 5.41) is 12.7. The molecule has 8 nitrogen and oxygen atoms in total. The number of fused-ring (bicyclic) bond motifs is 1. The van der Waals surface area contributed by atoms with Crippen molar-refractivity contribution in [3.05, 3.63) is 58.7 Å². The van der Waals surface area contributed by atoms with Gasteiger partial charge in [-0.3, -0.25) is 9.36 Å². The van der Waals surface area contributed by atoms with Crippen molar-refractivity contribution in [3.8, 4) is 5.88 Å². The molecule has 0 bridgehead atoms. The van der Waals surface area contributed by atoms with E-state index in [2.05, 4.69) is 10.3 Å². The van der Waals surface area contributed by atoms with E-state index in [4.69, 9.17) is 9.15 Å². The Morgan fingerprint density at radius 3 is 2.82 bits per heavy atom. The normalized spacial score (nSPS) is 19.8. The lowest BCUT2D eigenvalue weighted by Crippen LogP contribution is -2.42. The molecule has 1 saturated carbocycles. The van der Waals surface area contributed by atoms with Gasteiger partial charge in [0.2, 0.25) is 11.8 Å². The number of hydrogen-bond donors (Lipinski definition) is 2. The number of methoxy groups -OCH3 is 1. The molecular formula is C20H21N3O5. The maximum atomic E-state index is 12.7. The Hall–Kier alpha value is -3.13. The molecule has 0 aliphatic heterocycles. The average molecular weight is 383 g/mol. The van der Waals surface area contributed by atoms with Gasteiger partial charge < -0.3 is 19.6 Å². The second-order valence-corrected chi connectivity index (χ2v) is 6.99. The molecule has 2 aromatic heterocycles. The van der Waals surface area contributed by atoms with E-state index in [1.807, 2.05) is 6.07 Å². The maximum absolute atomic E-state index is 12.7. The molecule has 1 fully saturated rings. The number of oxazole rings is 1. The number of nitrogens with one attached hydrogen (secondary N) is 1. The van der Waals surface area contributed by atoms with Gasteiger partial charge in [-0.25, -0.2) is 9.78 Å². The Morgan fingerprint density at radius 1 is 1.36 bits per heavy atom. The van der Waals surface area contributed by atoms with E-state index in [9.17, 15) is 14.7 Å². The Labute approximate surface area is 160 Å². The van der Waals surface area contributed by atoms with Gasteiger partial charge in [0.1, 0.15) is 6.54 Å². The highest BCUT2D eigenvalue weighted by Gasteiger charge is 2.36. The van der Waals surface area contributed by atoms with Crippen LogP contribution in [0, 0.1) is 5.92 Å². The molecule has 1 unspecified atom stereocenters. The summed E-state index contributed by atoms with van der Waals surface area (Å²) < 4.78 is 11.6. The number of nitrogens with zero attached hydrogens (tertiary/aromatic N) is 2. The fraction of sp³-hybridized carbons (Fsp3) is 0.350. The molecule has 28 heavy (non-hydrogen) atoms. The molecule has 1 aliphatic carbocycles. The van der Waals surface area contributed by atoms with Crippen LogP contribution < -0.4 is 15.8 Å². The van der Waals surface area contributed by atoms with Crippen LogP contribution in [0.15, 0.2) is 51.8 Å². The lowest BCUT2D eigenvalue weighted by atomic mass is 9.75. The summed E-state index contributed by atoms with van der Waals surface area (Å²) in [7, 11) is 1.54. The lowest BCUT2D eigenvalue weighted by Gasteiger charge is -2.38. The van der Waals surface area contributed by atoms with Gasteiger partial charge in [-0.05, 0) is 36.5 Å². The molecule has 1 atom stereocenters. The predicted octanol–water partition coefficient (Wildman–Crippen LogP) is 1.63. The molecule has 3 aromatic rings. The van der Waals surface area contributed by atoms with E-state index in [0.717, 1.165) is 5.56 Å². The third-order valence-electron chi connectivity index (χ3n) is 5.14. The van der Waals surface area contributed by atoms with Crippen LogP contribution >= 0.6 is 0 Å². The van der Waals surface area contributed by atoms with Gasteiger partial charge in [0, 0.05) is 12.3 Å². The molecule has 8 heteroatoms. The van der Waals surface area contributed by atoms with Crippen LogP contribution in [-0.2, 0) is 11.3 Å². The summed E-state index contributed by atoms with van der Waals surface area (Å²) in [6.45, 7) is -0.148. The molecule has 1 amide bonds. The minimum atomic E-state index is -0.571. The number of pyridine rings is 1. The van der Waals surface area contributed by atoms with Gasteiger partial charge >= 0.3 is 5.76 Å². The van der Waals surface area contributed by atoms with Gasteiger partial charge in [-0.2, -0.15) is 0 Å². The molecule has 2 N–H and O–H groups in total. The summed E-state index contributed by atoms with van der Waals surface area (Å²) in [4.78, 5) is 29.0. The highest BCUT2D eigenvalue weighted by molar-refractivity contribution is 5.79. The number of para-hydroxylation sites is 2. The number of benzene rings is 1. The predicted molar refractivity (Wildman–Crippen MR) is 101 cm³/mol. The number of amides is 1. The third-order valence-corrected chi connectivity index (χ3v) is 5.14. The first-order valence-electron chi connectivity index (χ1n) is 9.11. The molecular weight excluding hydrogens is 362 g/mol. The van der Waals surface area contributed by atoms with Crippen molar-refractivity contribution in [2.75, 3.05) is 7.11 Å². The third kappa shape index (κ3) is 3.50. The Bertz CT molecular complexity index is 1030. The SMILES string of the molecule is COc1ccc(C(NC(=O)Cn2c(=O)oc3ccccc32)C2CC(O)C2)cn1. The zero-order chi connectivity index (χ0) is 19.7. The van der Waals surface area contributed by atoms with Gasteiger partial charge in [-0.15, -0.1) is 0 Å². The van der Waals surface area contributed by atoms with E-state index in [1.54, 1.807) is 36.5 Å². The average Bonchev–Trinajstić information content (AvgIpc) is 2.99. The van der Waals surface area contributed by atoms with E-state index in [0.29, 0.717) is 29.8 Å². The maximum Gasteiger partial charge on any atom is 0.420 e. The number of carbonyl (C=O) groups is 1. The number of carbonyl (C=O) groups excluding carboxylic acids is 1. The van der Waals surface area contributed by atoms with Crippen LogP contribution in [0.2, 0.25) is 0 Å². The molecule has 4 rings (SSSR count). The number of rotatable bonds is 6. The molecule has 146 valence electrons. The van der Waals surface area contributed by atoms with E-state index in [1.165, 1.54) is 11.7 Å². The van der Waals surface area contributed by atoms with E-state index >= 15 is 0 Å². The topological polar surface area (TPSA) is 107 Å². The second-order valence-electron chi connectivity index (χ2n) is 6.99. The summed E-state index contributed by atoms with van der Waals surface area (Å²) in [6, 6.07) is 10.3. The first-order valence-corrected chi connectivity index (χ1v) is 9.11. The van der Waals surface area contributed by atoms with Crippen LogP contribution in [0.4, 0.5) is 0 Å². The minimum absolute atomic E-state index is 0.104. The largest absolute Gasteiger partial charge is 0.481 e. The van der Waals surface area contributed by atoms with Crippen molar-refractivity contribution in [2.45, 2.75) is 31.5 Å². The van der Waals surface area contributed by atoms with E-state index < -0.39 is 5.76 Å². The highest BCUT2D eigenvalue weighted by atomic mass is 16.5. The van der Waals surface area contributed by atoms with Crippen LogP contribution in [0.3, 0.4) is 0 Å². The summed E-state index contributed by atoms with van der Waals surface area (Å²) >= 11 is 0. The second kappa shape index (κ2) is 7.47. The fourth-order valence-electron chi connectivity index (χ4n) is 3.60. The Morgan fingerprint density at radius 2 is 2.14 bits per heavy atom. The zero-order valence-electron chi connectivity index (χ0n) is 15.4. The number of aromatic nitrogens is 2. The van der Waals surface area contributed by atoms with Crippen molar-refractivity contribution in [1.29, 1.82) is 0 Å². The fourth-order valence-corrected chi connectivity index (χ4v) is 3.60. The number of aliphatic hydroxyl groups is 1. The number of ether oxygens (including phenoxy) is 1. The van der Waals surface area contributed by atoms with Gasteiger partial charge in [0.25, 0.3) is 0 Å². The van der Waals surface area contributed by atoms with E-state index in [-0.39, 0.29) is 30.5 Å². The quantitative estimate of drug-likeness (QED) is 0.670. The molecule has 0 saturated heterocycles. The molecule has 1 aromatic carbocycles. The van der Waals surface area contributed by atoms with Crippen LogP contribution in [-0.4, -0.2) is 33.8 Å². The minimum Gasteiger partial charge on any atom is -0.481 e. The first kappa shape index (κ1) is 18.2. The van der Waals surface area contributed by atoms with Crippen molar-refractivity contribution in [2.24, 2.45) is 5.92 Å². The van der Waals surface area contributed by atoms with Crippen molar-refractivity contribution in [1.82, 2.24) is 14.9 Å². The van der Waals surface area contributed by atoms with Crippen molar-refractivity contribution < 1.29 is 19.1 Å². The Balaban J connectivity index is 1.55. The molecule has 1 aliphatic rings. The summed E-state index contributed by atoms with van der Waals surface area (Å²) in [5.41, 5.74) is 1.85. The van der Waals surface area contributed by atoms with Gasteiger partial charge in [0.15, 0.2) is 5.58 Å². The Kier molecular flexibility index (Phi) is 4.87. The molecule has 0 radical (unpaired) electrons. The number of hydrogen-bond acceptors (Lipinski definition) is 6. The highest BCUT2D eigenvalue weighted by Crippen LogP contribution is 2.38. The van der Waals surface area contributed by atoms with Crippen LogP contribution in [0.5, 0.6) is 5.88 Å². The molecule has 2 heterocycles. The standard InChI is InChI=1S/C20H21N3O5/c1-27-18-7-6-12(10-21-18)19(13-8-14(24)9-13)22-17(25)11-23-15-4-2-3-5-16(15)28-20(23)26/h2-7,10,13-14,19,24H,8-9,11H2,1H3,(H,22,25). The lowest BCUT2D eigenvalue weighted by molar-refractivity contribution is -0.123. The monoisotopic (exact) mass is 383 g/mol. The molecule has 0 spiro atoms. The summed E-state index contributed by atoms with van der Waals surface area (Å²) in [6.07, 6.45) is 2.52. The van der Waals surface area contributed by atoms with Crippen LogP contribution in [0.1, 0.15) is 24.4 Å². The van der Waals surface area contributed by atoms with Gasteiger partial charge in [0.05, 0.1) is 24.8 Å². The zero-order valence-corrected chi connectivity index (χ0v) is 15.4. The smallest absolute Gasteiger partial charge is 0.420 e. The van der Waals surface area contributed by atoms with Crippen LogP contribution in [0.25, 0.3) is 11.1 Å². The summed E-state index contributed by atoms with van der Waals surface area (Å²) in [5.74, 6) is -0.292. The van der Waals surface area contributed by atoms with Gasteiger partial charge in [-0.1, -0.05) is 18.2 Å².